The molecule has 2 aliphatic heterocycles. The van der Waals surface area contributed by atoms with Gasteiger partial charge in [0.05, 0.1) is 0 Å². The van der Waals surface area contributed by atoms with E-state index >= 15 is 0 Å². The highest BCUT2D eigenvalue weighted by Crippen LogP contribution is 2.28. The number of fused-ring (bicyclic) bond motifs is 1. The fourth-order valence-corrected chi connectivity index (χ4v) is 5.57. The summed E-state index contributed by atoms with van der Waals surface area (Å²) in [6.45, 7) is 8.95. The minimum Gasteiger partial charge on any atom is -0.368 e. The molecule has 3 heterocycles. The molecule has 2 amide bonds. The van der Waals surface area contributed by atoms with Crippen molar-refractivity contribution in [2.45, 2.75) is 58.5 Å². The molecule has 0 saturated carbocycles. The summed E-state index contributed by atoms with van der Waals surface area (Å²) in [7, 11) is 0. The number of hydrogen-bond donors (Lipinski definition) is 1. The molecule has 0 spiro atoms. The predicted molar refractivity (Wildman–Crippen MR) is 132 cm³/mol. The number of aromatic nitrogens is 2. The van der Waals surface area contributed by atoms with Gasteiger partial charge in [0.2, 0.25) is 5.91 Å². The summed E-state index contributed by atoms with van der Waals surface area (Å²) < 4.78 is 1.81. The molecule has 182 valence electrons. The normalized spacial score (nSPS) is 19.0. The van der Waals surface area contributed by atoms with Gasteiger partial charge in [0.1, 0.15) is 6.54 Å². The van der Waals surface area contributed by atoms with Gasteiger partial charge in [-0.15, -0.1) is 0 Å². The third kappa shape index (κ3) is 4.31. The Morgan fingerprint density at radius 3 is 2.47 bits per heavy atom. The largest absolute Gasteiger partial charge is 0.368 e. The fourth-order valence-electron chi connectivity index (χ4n) is 5.57. The molecular formula is C26H36N6O2. The van der Waals surface area contributed by atoms with Crippen LogP contribution in [0, 0.1) is 13.8 Å². The van der Waals surface area contributed by atoms with Crippen molar-refractivity contribution < 1.29 is 9.59 Å². The molecule has 0 atom stereocenters. The first-order chi connectivity index (χ1) is 16.4. The van der Waals surface area contributed by atoms with Gasteiger partial charge in [-0.1, -0.05) is 12.1 Å². The van der Waals surface area contributed by atoms with Crippen molar-refractivity contribution in [2.75, 3.05) is 44.2 Å². The van der Waals surface area contributed by atoms with Gasteiger partial charge in [-0.2, -0.15) is 5.10 Å². The standard InChI is InChI=1S/C26H36N6O2/c1-18-5-3-7-22(19(18)2)29-13-15-30(16-14-29)24(33)17-32-23-8-4-6-21(23)25(28-32)26(34)31-11-9-20(27)10-12-31/h3,5,7,20H,4,6,8-17,27H2,1-2H3. The van der Waals surface area contributed by atoms with Crippen molar-refractivity contribution in [1.29, 1.82) is 0 Å². The third-order valence-corrected chi connectivity index (χ3v) is 7.87. The number of rotatable bonds is 4. The van der Waals surface area contributed by atoms with Crippen LogP contribution in [-0.2, 0) is 24.2 Å². The van der Waals surface area contributed by atoms with Gasteiger partial charge < -0.3 is 20.4 Å². The number of aryl methyl sites for hydroxylation is 1. The Morgan fingerprint density at radius 1 is 1.00 bits per heavy atom. The second-order valence-corrected chi connectivity index (χ2v) is 10.0. The Morgan fingerprint density at radius 2 is 1.74 bits per heavy atom. The molecule has 2 saturated heterocycles. The maximum atomic E-state index is 13.2. The average Bonchev–Trinajstić information content (AvgIpc) is 3.45. The second kappa shape index (κ2) is 9.41. The number of nitrogens with two attached hydrogens (primary N) is 1. The summed E-state index contributed by atoms with van der Waals surface area (Å²) in [4.78, 5) is 32.6. The number of carbonyl (C=O) groups excluding carboxylic acids is 2. The van der Waals surface area contributed by atoms with Crippen molar-refractivity contribution in [3.05, 3.63) is 46.3 Å². The molecule has 0 bridgehead atoms. The number of carbonyl (C=O) groups is 2. The third-order valence-electron chi connectivity index (χ3n) is 7.87. The molecule has 1 aromatic carbocycles. The van der Waals surface area contributed by atoms with Gasteiger partial charge in [-0.3, -0.25) is 14.3 Å². The molecule has 2 fully saturated rings. The quantitative estimate of drug-likeness (QED) is 0.747. The van der Waals surface area contributed by atoms with Crippen LogP contribution in [0.25, 0.3) is 0 Å². The van der Waals surface area contributed by atoms with Gasteiger partial charge in [-0.25, -0.2) is 0 Å². The van der Waals surface area contributed by atoms with E-state index in [2.05, 4.69) is 42.0 Å². The molecule has 2 aromatic rings. The maximum absolute atomic E-state index is 13.2. The number of hydrogen-bond acceptors (Lipinski definition) is 5. The van der Waals surface area contributed by atoms with E-state index in [1.54, 1.807) is 0 Å². The van der Waals surface area contributed by atoms with E-state index in [-0.39, 0.29) is 24.4 Å². The molecule has 8 nitrogen and oxygen atoms in total. The van der Waals surface area contributed by atoms with Crippen molar-refractivity contribution in [1.82, 2.24) is 19.6 Å². The average molecular weight is 465 g/mol. The van der Waals surface area contributed by atoms with E-state index in [0.29, 0.717) is 31.9 Å². The van der Waals surface area contributed by atoms with Gasteiger partial charge in [-0.05, 0) is 63.1 Å². The lowest BCUT2D eigenvalue weighted by Gasteiger charge is -2.37. The Balaban J connectivity index is 1.24. The molecule has 0 unspecified atom stereocenters. The van der Waals surface area contributed by atoms with Crippen molar-refractivity contribution in [3.8, 4) is 0 Å². The first-order valence-corrected chi connectivity index (χ1v) is 12.6. The van der Waals surface area contributed by atoms with E-state index < -0.39 is 0 Å². The minimum atomic E-state index is -0.00149. The summed E-state index contributed by atoms with van der Waals surface area (Å²) in [5, 5.41) is 4.68. The molecule has 0 radical (unpaired) electrons. The lowest BCUT2D eigenvalue weighted by Crippen LogP contribution is -2.50. The Bertz CT molecular complexity index is 1080. The van der Waals surface area contributed by atoms with Crippen molar-refractivity contribution in [3.63, 3.8) is 0 Å². The molecule has 5 rings (SSSR count). The van der Waals surface area contributed by atoms with E-state index in [1.807, 2.05) is 14.5 Å². The first kappa shape index (κ1) is 22.9. The number of nitrogens with zero attached hydrogens (tertiary/aromatic N) is 5. The van der Waals surface area contributed by atoms with Gasteiger partial charge in [0.25, 0.3) is 5.91 Å². The van der Waals surface area contributed by atoms with Crippen molar-refractivity contribution in [2.24, 2.45) is 5.73 Å². The first-order valence-electron chi connectivity index (χ1n) is 12.6. The van der Waals surface area contributed by atoms with Gasteiger partial charge in [0, 0.05) is 62.3 Å². The van der Waals surface area contributed by atoms with E-state index in [1.165, 1.54) is 16.8 Å². The van der Waals surface area contributed by atoms with Crippen LogP contribution in [0.2, 0.25) is 0 Å². The zero-order chi connectivity index (χ0) is 23.8. The van der Waals surface area contributed by atoms with Crippen LogP contribution in [-0.4, -0.2) is 76.7 Å². The number of anilines is 1. The summed E-state index contributed by atoms with van der Waals surface area (Å²) in [6, 6.07) is 6.59. The summed E-state index contributed by atoms with van der Waals surface area (Å²) in [5.74, 6) is 0.0825. The molecule has 1 aromatic heterocycles. The Labute approximate surface area is 201 Å². The minimum absolute atomic E-state index is 0.00149. The van der Waals surface area contributed by atoms with Gasteiger partial charge in [0.15, 0.2) is 5.69 Å². The molecule has 34 heavy (non-hydrogen) atoms. The van der Waals surface area contributed by atoms with Crippen LogP contribution >= 0.6 is 0 Å². The molecule has 2 N–H and O–H groups in total. The summed E-state index contributed by atoms with van der Waals surface area (Å²) in [6.07, 6.45) is 4.43. The maximum Gasteiger partial charge on any atom is 0.274 e. The van der Waals surface area contributed by atoms with Crippen LogP contribution in [0.5, 0.6) is 0 Å². The van der Waals surface area contributed by atoms with Crippen LogP contribution in [0.4, 0.5) is 5.69 Å². The number of likely N-dealkylation sites (tertiary alicyclic amines) is 1. The van der Waals surface area contributed by atoms with E-state index in [4.69, 9.17) is 5.73 Å². The van der Waals surface area contributed by atoms with Crippen LogP contribution < -0.4 is 10.6 Å². The van der Waals surface area contributed by atoms with Crippen LogP contribution in [0.15, 0.2) is 18.2 Å². The lowest BCUT2D eigenvalue weighted by atomic mass is 10.1. The number of piperazine rings is 1. The summed E-state index contributed by atoms with van der Waals surface area (Å²) >= 11 is 0. The van der Waals surface area contributed by atoms with Crippen LogP contribution in [0.3, 0.4) is 0 Å². The van der Waals surface area contributed by atoms with E-state index in [9.17, 15) is 9.59 Å². The lowest BCUT2D eigenvalue weighted by molar-refractivity contribution is -0.132. The monoisotopic (exact) mass is 464 g/mol. The fraction of sp³-hybridized carbons (Fsp3) is 0.577. The predicted octanol–water partition coefficient (Wildman–Crippen LogP) is 1.90. The zero-order valence-electron chi connectivity index (χ0n) is 20.4. The zero-order valence-corrected chi connectivity index (χ0v) is 20.4. The Hall–Kier alpha value is -2.87. The second-order valence-electron chi connectivity index (χ2n) is 10.0. The number of piperidine rings is 1. The van der Waals surface area contributed by atoms with Gasteiger partial charge >= 0.3 is 0 Å². The number of benzene rings is 1. The molecule has 1 aliphatic carbocycles. The topological polar surface area (TPSA) is 87.7 Å². The highest BCUT2D eigenvalue weighted by atomic mass is 16.2. The van der Waals surface area contributed by atoms with Crippen molar-refractivity contribution >= 4 is 17.5 Å². The molecule has 3 aliphatic rings. The van der Waals surface area contributed by atoms with Crippen LogP contribution in [0.1, 0.15) is 52.1 Å². The SMILES string of the molecule is Cc1cccc(N2CCN(C(=O)Cn3nc(C(=O)N4CCC(N)CC4)c4c3CCC4)CC2)c1C. The highest BCUT2D eigenvalue weighted by Gasteiger charge is 2.32. The smallest absolute Gasteiger partial charge is 0.274 e. The van der Waals surface area contributed by atoms with E-state index in [0.717, 1.165) is 56.5 Å². The number of amides is 2. The summed E-state index contributed by atoms with van der Waals surface area (Å²) in [5.41, 5.74) is 12.5. The highest BCUT2D eigenvalue weighted by molar-refractivity contribution is 5.94. The molecular weight excluding hydrogens is 428 g/mol. The Kier molecular flexibility index (Phi) is 6.34. The molecule has 8 heteroatoms.